The van der Waals surface area contributed by atoms with E-state index in [1.165, 1.54) is 32.7 Å². The van der Waals surface area contributed by atoms with Crippen LogP contribution in [0, 0.1) is 5.92 Å². The molecule has 3 aromatic carbocycles. The summed E-state index contributed by atoms with van der Waals surface area (Å²) in [6.07, 6.45) is 0.235. The lowest BCUT2D eigenvalue weighted by Crippen LogP contribution is -2.61. The summed E-state index contributed by atoms with van der Waals surface area (Å²) < 4.78 is 0.992. The minimum Gasteiger partial charge on any atom is -0.391 e. The highest BCUT2D eigenvalue weighted by Crippen LogP contribution is 2.34. The first-order valence-electron chi connectivity index (χ1n) is 32.2. The molecular weight excluding hydrogens is 1280 g/mol. The van der Waals surface area contributed by atoms with E-state index in [-0.39, 0.29) is 82.0 Å². The van der Waals surface area contributed by atoms with Crippen LogP contribution in [0.4, 0.5) is 4.79 Å². The largest absolute Gasteiger partial charge is 0.391 e. The van der Waals surface area contributed by atoms with Gasteiger partial charge in [0, 0.05) is 41.4 Å². The molecule has 528 valence electrons. The fourth-order valence-electron chi connectivity index (χ4n) is 10.5. The second-order valence-corrected chi connectivity index (χ2v) is 24.9. The SMILES string of the molecule is CNC(=O)c1ccccc1Sc1ccc2c(/C=C/c3ccccn3)nn(C(=O)N[C@@H](C(=O)NC(CCN)C(=O)N[C@@H]3CCNC(=O)[C@H]([C@H](C)O)NC(=O)[C@H](CCN)NC(=O)[C@H](CCN)NC(=O)C(CC(C)C)NC(=O)[C@H](Cc4ccccc4)NC(=O)C(CCN)NC3=O)[C@@H](C)O)c2c1. The van der Waals surface area contributed by atoms with E-state index in [0.717, 1.165) is 4.68 Å². The molecule has 3 heterocycles. The number of benzene rings is 3. The molecule has 6 rings (SSSR count). The number of fused-ring (bicyclic) bond motifs is 1. The third kappa shape index (κ3) is 22.4. The summed E-state index contributed by atoms with van der Waals surface area (Å²) in [5.74, 6) is -9.14. The number of carbonyl (C=O) groups excluding carboxylic acids is 11. The summed E-state index contributed by atoms with van der Waals surface area (Å²) in [6.45, 7) is 4.76. The van der Waals surface area contributed by atoms with E-state index in [1.807, 2.05) is 0 Å². The molecule has 98 heavy (non-hydrogen) atoms. The zero-order valence-electron chi connectivity index (χ0n) is 55.3. The van der Waals surface area contributed by atoms with Gasteiger partial charge in [-0.2, -0.15) is 9.78 Å². The lowest BCUT2D eigenvalue weighted by atomic mass is 10.00. The maximum atomic E-state index is 14.7. The van der Waals surface area contributed by atoms with E-state index < -0.39 is 139 Å². The van der Waals surface area contributed by atoms with Crippen LogP contribution in [0.5, 0.6) is 0 Å². The van der Waals surface area contributed by atoms with E-state index in [1.54, 1.807) is 123 Å². The summed E-state index contributed by atoms with van der Waals surface area (Å²) in [5.41, 5.74) is 25.9. The van der Waals surface area contributed by atoms with Crippen LogP contribution in [-0.4, -0.2) is 196 Å². The first-order chi connectivity index (χ1) is 46.9. The molecule has 11 amide bonds. The van der Waals surface area contributed by atoms with Crippen LogP contribution in [0.3, 0.4) is 0 Å². The number of nitrogens with zero attached hydrogens (tertiary/aromatic N) is 3. The van der Waals surface area contributed by atoms with Crippen molar-refractivity contribution in [2.24, 2.45) is 28.9 Å². The zero-order chi connectivity index (χ0) is 71.6. The minimum atomic E-state index is -1.79. The van der Waals surface area contributed by atoms with Gasteiger partial charge in [-0.05, 0) is 145 Å². The molecule has 0 radical (unpaired) electrons. The fourth-order valence-corrected chi connectivity index (χ4v) is 11.5. The minimum absolute atomic E-state index is 0.0346. The Hall–Kier alpha value is -9.70. The first-order valence-corrected chi connectivity index (χ1v) is 33.0. The molecule has 1 aliphatic heterocycles. The Labute approximate surface area is 571 Å². The first kappa shape index (κ1) is 77.3. The summed E-state index contributed by atoms with van der Waals surface area (Å²) in [7, 11) is 1.51. The molecule has 0 spiro atoms. The summed E-state index contributed by atoms with van der Waals surface area (Å²) >= 11 is 1.24. The van der Waals surface area contributed by atoms with Crippen molar-refractivity contribution < 1.29 is 63.0 Å². The molecule has 0 aliphatic carbocycles. The number of rotatable bonds is 24. The Kier molecular flexibility index (Phi) is 30.2. The van der Waals surface area contributed by atoms with Crippen LogP contribution in [0.25, 0.3) is 23.1 Å². The molecule has 31 nitrogen and oxygen atoms in total. The number of nitrogens with two attached hydrogens (primary N) is 4. The quantitative estimate of drug-likeness (QED) is 0.0314. The number of hydrogen-bond acceptors (Lipinski definition) is 20. The number of aromatic nitrogens is 3. The van der Waals surface area contributed by atoms with Crippen LogP contribution in [-0.2, 0) is 49.6 Å². The van der Waals surface area contributed by atoms with E-state index >= 15 is 0 Å². The number of pyridine rings is 1. The lowest BCUT2D eigenvalue weighted by molar-refractivity contribution is -0.136. The maximum Gasteiger partial charge on any atom is 0.343 e. The van der Waals surface area contributed by atoms with Crippen molar-refractivity contribution >= 4 is 99.9 Å². The van der Waals surface area contributed by atoms with Gasteiger partial charge in [0.2, 0.25) is 53.2 Å². The Bertz CT molecular complexity index is 3620. The molecule has 1 aliphatic rings. The smallest absolute Gasteiger partial charge is 0.343 e. The predicted molar refractivity (Wildman–Crippen MR) is 365 cm³/mol. The van der Waals surface area contributed by atoms with Gasteiger partial charge >= 0.3 is 6.03 Å². The van der Waals surface area contributed by atoms with Crippen molar-refractivity contribution in [1.29, 1.82) is 0 Å². The highest BCUT2D eigenvalue weighted by atomic mass is 32.2. The number of carbonyl (C=O) groups is 11. The Morgan fingerprint density at radius 3 is 1.83 bits per heavy atom. The average molecular weight is 1380 g/mol. The Morgan fingerprint density at radius 2 is 1.23 bits per heavy atom. The highest BCUT2D eigenvalue weighted by molar-refractivity contribution is 7.99. The normalized spacial score (nSPS) is 20.8. The van der Waals surface area contributed by atoms with Gasteiger partial charge in [-0.3, -0.25) is 52.9 Å². The zero-order valence-corrected chi connectivity index (χ0v) is 56.1. The molecule has 11 atom stereocenters. The van der Waals surface area contributed by atoms with E-state index in [0.29, 0.717) is 37.7 Å². The average Bonchev–Trinajstić information content (AvgIpc) is 1.62. The molecule has 2 aromatic heterocycles. The van der Waals surface area contributed by atoms with Crippen molar-refractivity contribution in [3.63, 3.8) is 0 Å². The number of aliphatic hydroxyl groups is 2. The Morgan fingerprint density at radius 1 is 0.653 bits per heavy atom. The fraction of sp³-hybridized carbons (Fsp3) is 0.439. The van der Waals surface area contributed by atoms with Gasteiger partial charge in [-0.25, -0.2) is 4.79 Å². The van der Waals surface area contributed by atoms with E-state index in [2.05, 4.69) is 68.6 Å². The van der Waals surface area contributed by atoms with Crippen LogP contribution in [0.15, 0.2) is 107 Å². The standard InChI is InChI=1S/C66H90N18O13S/c1-36(2)33-50-62(93)76-45(22-27-67)57(88)75-48(25-30-70)61(92)81-54(37(3)85)64(95)73-32-26-49(60(91)74-46(23-28-68)59(90)80-51(63(94)79-50)34-39-13-7-6-8-14-39)77-58(89)47(24-29-69)78-65(96)55(38(4)86)82-66(97)84-52-35-41(98-53-17-10-9-16-43(53)56(87)71-5)19-20-42(52)44(83-84)21-18-40-15-11-12-31-72-40/h6-21,31,35-38,45-51,54-55,85-86H,22-30,32-34,67-70H2,1-5H3,(H,71,87)(H,73,95)(H,74,91)(H,75,88)(H,76,93)(H,77,89)(H,78,96)(H,79,94)(H,80,90)(H,81,92)(H,82,97)/b21-18+/t37-,38+,45-,46?,47?,48-,49+,50?,51-,54-,55+/m0/s1. The topological polar surface area (TPSA) is 495 Å². The molecule has 32 heteroatoms. The van der Waals surface area contributed by atoms with Crippen LogP contribution < -0.4 is 81.4 Å². The van der Waals surface area contributed by atoms with Gasteiger partial charge in [-0.15, -0.1) is 0 Å². The molecule has 0 bridgehead atoms. The van der Waals surface area contributed by atoms with Gasteiger partial charge in [0.15, 0.2) is 0 Å². The second kappa shape index (κ2) is 38.3. The molecule has 3 unspecified atom stereocenters. The lowest BCUT2D eigenvalue weighted by Gasteiger charge is -2.28. The predicted octanol–water partition coefficient (Wildman–Crippen LogP) is -2.12. The van der Waals surface area contributed by atoms with Crippen LogP contribution >= 0.6 is 11.8 Å². The monoisotopic (exact) mass is 1370 g/mol. The Balaban J connectivity index is 1.33. The molecule has 5 aromatic rings. The molecule has 1 fully saturated rings. The number of amides is 11. The van der Waals surface area contributed by atoms with Crippen molar-refractivity contribution in [2.75, 3.05) is 39.8 Å². The van der Waals surface area contributed by atoms with E-state index in [9.17, 15) is 63.0 Å². The van der Waals surface area contributed by atoms with Crippen molar-refractivity contribution in [3.05, 3.63) is 120 Å². The summed E-state index contributed by atoms with van der Waals surface area (Å²) in [5, 5.41) is 55.5. The molecule has 0 saturated carbocycles. The van der Waals surface area contributed by atoms with Gasteiger partial charge in [-0.1, -0.05) is 74.1 Å². The number of aliphatic hydroxyl groups excluding tert-OH is 2. The maximum absolute atomic E-state index is 14.7. The third-order valence-corrected chi connectivity index (χ3v) is 16.7. The number of hydrogen-bond donors (Lipinski definition) is 17. The second-order valence-electron chi connectivity index (χ2n) is 23.8. The molecule has 21 N–H and O–H groups in total. The van der Waals surface area contributed by atoms with Crippen LogP contribution in [0.2, 0.25) is 0 Å². The highest BCUT2D eigenvalue weighted by Gasteiger charge is 2.37. The van der Waals surface area contributed by atoms with Crippen LogP contribution in [0.1, 0.15) is 93.5 Å². The number of nitrogens with one attached hydrogen (secondary N) is 11. The van der Waals surface area contributed by atoms with Gasteiger partial charge < -0.3 is 91.6 Å². The van der Waals surface area contributed by atoms with Gasteiger partial charge in [0.25, 0.3) is 5.91 Å². The summed E-state index contributed by atoms with van der Waals surface area (Å²) in [6, 6.07) is 11.1. The van der Waals surface area contributed by atoms with Crippen molar-refractivity contribution in [1.82, 2.24) is 73.2 Å². The van der Waals surface area contributed by atoms with Crippen molar-refractivity contribution in [2.45, 2.75) is 149 Å². The molecular formula is C66H90N18O13S. The van der Waals surface area contributed by atoms with Gasteiger partial charge in [0.05, 0.1) is 34.7 Å². The summed E-state index contributed by atoms with van der Waals surface area (Å²) in [4.78, 5) is 162. The van der Waals surface area contributed by atoms with Gasteiger partial charge in [0.1, 0.15) is 54.4 Å². The molecule has 1 saturated heterocycles. The third-order valence-electron chi connectivity index (χ3n) is 15.6. The van der Waals surface area contributed by atoms with E-state index in [4.69, 9.17) is 22.9 Å². The van der Waals surface area contributed by atoms with Crippen molar-refractivity contribution in [3.8, 4) is 0 Å².